The second-order valence-corrected chi connectivity index (χ2v) is 8.34. The number of nitrogens with zero attached hydrogens (tertiary/aromatic N) is 1. The van der Waals surface area contributed by atoms with Gasteiger partial charge in [0.2, 0.25) is 15.9 Å². The van der Waals surface area contributed by atoms with Crippen LogP contribution in [0, 0.1) is 0 Å². The van der Waals surface area contributed by atoms with E-state index in [0.717, 1.165) is 12.0 Å². The molecule has 0 radical (unpaired) electrons. The number of nitrogens with one attached hydrogen (secondary N) is 2. The van der Waals surface area contributed by atoms with Crippen LogP contribution in [0.25, 0.3) is 0 Å². The van der Waals surface area contributed by atoms with Crippen molar-refractivity contribution in [2.24, 2.45) is 0 Å². The first kappa shape index (κ1) is 22.6. The Kier molecular flexibility index (Phi) is 7.92. The van der Waals surface area contributed by atoms with Gasteiger partial charge in [-0.25, -0.2) is 8.42 Å². The van der Waals surface area contributed by atoms with Gasteiger partial charge in [-0.3, -0.25) is 9.59 Å². The fraction of sp³-hybridized carbons (Fsp3) is 0.333. The lowest BCUT2D eigenvalue weighted by atomic mass is 10.1. The van der Waals surface area contributed by atoms with E-state index in [9.17, 15) is 18.0 Å². The van der Waals surface area contributed by atoms with Crippen LogP contribution in [0.4, 0.5) is 5.69 Å². The minimum absolute atomic E-state index is 0.0506. The van der Waals surface area contributed by atoms with Gasteiger partial charge in [0.05, 0.1) is 11.4 Å². The molecule has 2 aromatic carbocycles. The number of hydrogen-bond donors (Lipinski definition) is 2. The van der Waals surface area contributed by atoms with Crippen LogP contribution >= 0.6 is 0 Å². The molecule has 0 heterocycles. The summed E-state index contributed by atoms with van der Waals surface area (Å²) in [5.74, 6) is -0.877. The Morgan fingerprint density at radius 1 is 0.966 bits per heavy atom. The van der Waals surface area contributed by atoms with Gasteiger partial charge >= 0.3 is 0 Å². The second kappa shape index (κ2) is 10.2. The first-order valence-electron chi connectivity index (χ1n) is 9.59. The molecule has 29 heavy (non-hydrogen) atoms. The third-order valence-electron chi connectivity index (χ3n) is 4.47. The fourth-order valence-corrected chi connectivity index (χ4v) is 4.35. The van der Waals surface area contributed by atoms with Gasteiger partial charge in [-0.1, -0.05) is 39.0 Å². The van der Waals surface area contributed by atoms with Crippen LogP contribution in [0.3, 0.4) is 0 Å². The molecule has 0 bridgehead atoms. The van der Waals surface area contributed by atoms with Gasteiger partial charge in [0.15, 0.2) is 0 Å². The van der Waals surface area contributed by atoms with E-state index in [1.54, 1.807) is 19.9 Å². The van der Waals surface area contributed by atoms with E-state index in [-0.39, 0.29) is 22.9 Å². The van der Waals surface area contributed by atoms with E-state index in [4.69, 9.17) is 0 Å². The number of aryl methyl sites for hydroxylation is 1. The first-order valence-corrected chi connectivity index (χ1v) is 11.0. The Balaban J connectivity index is 2.03. The first-order chi connectivity index (χ1) is 13.8. The van der Waals surface area contributed by atoms with Crippen LogP contribution in [0.15, 0.2) is 53.4 Å². The van der Waals surface area contributed by atoms with Crippen molar-refractivity contribution >= 4 is 27.5 Å². The molecule has 8 heteroatoms. The molecule has 0 atom stereocenters. The average molecular weight is 418 g/mol. The molecule has 0 saturated heterocycles. The van der Waals surface area contributed by atoms with Crippen molar-refractivity contribution in [1.82, 2.24) is 9.62 Å². The van der Waals surface area contributed by atoms with Crippen molar-refractivity contribution in [3.05, 3.63) is 59.7 Å². The van der Waals surface area contributed by atoms with Gasteiger partial charge < -0.3 is 10.6 Å². The normalized spacial score (nSPS) is 11.3. The molecular weight excluding hydrogens is 390 g/mol. The summed E-state index contributed by atoms with van der Waals surface area (Å²) in [6.07, 6.45) is 0.854. The van der Waals surface area contributed by atoms with Crippen LogP contribution < -0.4 is 10.6 Å². The van der Waals surface area contributed by atoms with Crippen molar-refractivity contribution in [3.8, 4) is 0 Å². The van der Waals surface area contributed by atoms with Gasteiger partial charge in [-0.05, 0) is 42.3 Å². The third-order valence-corrected chi connectivity index (χ3v) is 6.51. The molecule has 156 valence electrons. The summed E-state index contributed by atoms with van der Waals surface area (Å²) in [5.41, 5.74) is 1.94. The quantitative estimate of drug-likeness (QED) is 0.656. The molecule has 0 aliphatic rings. The van der Waals surface area contributed by atoms with Crippen molar-refractivity contribution in [1.29, 1.82) is 0 Å². The fourth-order valence-electron chi connectivity index (χ4n) is 2.85. The number of anilines is 1. The highest BCUT2D eigenvalue weighted by Gasteiger charge is 2.22. The molecular formula is C21H27N3O4S. The Morgan fingerprint density at radius 2 is 1.66 bits per heavy atom. The lowest BCUT2D eigenvalue weighted by molar-refractivity contribution is -0.115. The summed E-state index contributed by atoms with van der Waals surface area (Å²) >= 11 is 0. The summed E-state index contributed by atoms with van der Waals surface area (Å²) in [6.45, 7) is 6.00. The third kappa shape index (κ3) is 5.88. The maximum Gasteiger partial charge on any atom is 0.251 e. The van der Waals surface area contributed by atoms with Gasteiger partial charge in [0.1, 0.15) is 0 Å². The highest BCUT2D eigenvalue weighted by atomic mass is 32.2. The van der Waals surface area contributed by atoms with Crippen LogP contribution in [0.2, 0.25) is 0 Å². The Hall–Kier alpha value is -2.71. The summed E-state index contributed by atoms with van der Waals surface area (Å²) in [5, 5.41) is 5.26. The molecule has 7 nitrogen and oxygen atoms in total. The van der Waals surface area contributed by atoms with Gasteiger partial charge in [0, 0.05) is 24.3 Å². The molecule has 0 aliphatic carbocycles. The Labute approximate surface area is 172 Å². The second-order valence-electron chi connectivity index (χ2n) is 6.40. The Morgan fingerprint density at radius 3 is 2.31 bits per heavy atom. The lowest BCUT2D eigenvalue weighted by Gasteiger charge is -2.18. The van der Waals surface area contributed by atoms with E-state index in [1.807, 2.05) is 25.1 Å². The predicted octanol–water partition coefficient (Wildman–Crippen LogP) is 2.65. The summed E-state index contributed by atoms with van der Waals surface area (Å²) in [4.78, 5) is 24.6. The molecule has 0 aromatic heterocycles. The lowest BCUT2D eigenvalue weighted by Crippen LogP contribution is -2.33. The molecule has 2 aromatic rings. The standard InChI is InChI=1S/C21H27N3O4S/c1-4-16-9-7-11-18(13-16)23-20(25)15-22-21(26)17-10-8-12-19(14-17)29(27,28)24(5-2)6-3/h7-14H,4-6,15H2,1-3H3,(H,22,26)(H,23,25). The summed E-state index contributed by atoms with van der Waals surface area (Å²) < 4.78 is 26.6. The van der Waals surface area contributed by atoms with E-state index in [0.29, 0.717) is 18.8 Å². The maximum absolute atomic E-state index is 12.6. The van der Waals surface area contributed by atoms with Crippen LogP contribution in [-0.4, -0.2) is 44.2 Å². The number of carbonyl (C=O) groups is 2. The smallest absolute Gasteiger partial charge is 0.251 e. The maximum atomic E-state index is 12.6. The molecule has 0 fully saturated rings. The molecule has 0 saturated carbocycles. The minimum Gasteiger partial charge on any atom is -0.343 e. The van der Waals surface area contributed by atoms with Crippen LogP contribution in [-0.2, 0) is 21.2 Å². The predicted molar refractivity (Wildman–Crippen MR) is 113 cm³/mol. The molecule has 2 N–H and O–H groups in total. The zero-order valence-electron chi connectivity index (χ0n) is 16.9. The SMILES string of the molecule is CCc1cccc(NC(=O)CNC(=O)c2cccc(S(=O)(=O)N(CC)CC)c2)c1. The van der Waals surface area contributed by atoms with E-state index >= 15 is 0 Å². The van der Waals surface area contributed by atoms with Gasteiger partial charge in [-0.2, -0.15) is 4.31 Å². The van der Waals surface area contributed by atoms with E-state index in [2.05, 4.69) is 10.6 Å². The van der Waals surface area contributed by atoms with Crippen molar-refractivity contribution in [2.45, 2.75) is 32.1 Å². The molecule has 0 unspecified atom stereocenters. The number of amides is 2. The molecule has 0 spiro atoms. The van der Waals surface area contributed by atoms with Crippen molar-refractivity contribution in [2.75, 3.05) is 25.0 Å². The van der Waals surface area contributed by atoms with Crippen LogP contribution in [0.1, 0.15) is 36.7 Å². The molecule has 2 rings (SSSR count). The monoisotopic (exact) mass is 417 g/mol. The largest absolute Gasteiger partial charge is 0.343 e. The van der Waals surface area contributed by atoms with Gasteiger partial charge in [-0.15, -0.1) is 0 Å². The van der Waals surface area contributed by atoms with Crippen LogP contribution in [0.5, 0.6) is 0 Å². The number of carbonyl (C=O) groups excluding carboxylic acids is 2. The average Bonchev–Trinajstić information content (AvgIpc) is 2.73. The molecule has 2 amide bonds. The number of hydrogen-bond acceptors (Lipinski definition) is 4. The van der Waals surface area contributed by atoms with E-state index < -0.39 is 15.9 Å². The number of sulfonamides is 1. The van der Waals surface area contributed by atoms with Crippen molar-refractivity contribution < 1.29 is 18.0 Å². The zero-order valence-corrected chi connectivity index (χ0v) is 17.8. The topological polar surface area (TPSA) is 95.6 Å². The highest BCUT2D eigenvalue weighted by Crippen LogP contribution is 2.17. The number of rotatable bonds is 9. The zero-order chi connectivity index (χ0) is 21.4. The summed E-state index contributed by atoms with van der Waals surface area (Å²) in [6, 6.07) is 13.3. The highest BCUT2D eigenvalue weighted by molar-refractivity contribution is 7.89. The van der Waals surface area contributed by atoms with E-state index in [1.165, 1.54) is 28.6 Å². The Bertz CT molecular complexity index is 969. The summed E-state index contributed by atoms with van der Waals surface area (Å²) in [7, 11) is -3.66. The number of benzene rings is 2. The molecule has 0 aliphatic heterocycles. The van der Waals surface area contributed by atoms with Gasteiger partial charge in [0.25, 0.3) is 5.91 Å². The minimum atomic E-state index is -3.66. The van der Waals surface area contributed by atoms with Crippen molar-refractivity contribution in [3.63, 3.8) is 0 Å².